The molecule has 0 spiro atoms. The van der Waals surface area contributed by atoms with E-state index in [4.69, 9.17) is 27.3 Å². The summed E-state index contributed by atoms with van der Waals surface area (Å²) in [5.74, 6) is -0.608. The normalized spacial score (nSPS) is 9.80. The lowest BCUT2D eigenvalue weighted by Crippen LogP contribution is -2.09. The number of halogens is 1. The van der Waals surface area contributed by atoms with Crippen LogP contribution >= 0.6 is 11.6 Å². The third kappa shape index (κ3) is 3.05. The van der Waals surface area contributed by atoms with Crippen LogP contribution in [0.1, 0.15) is 21.6 Å². The zero-order chi connectivity index (χ0) is 14.5. The van der Waals surface area contributed by atoms with Crippen LogP contribution in [0.15, 0.2) is 36.5 Å². The van der Waals surface area contributed by atoms with E-state index in [9.17, 15) is 4.79 Å². The molecule has 0 fully saturated rings. The molecular formula is C14H10ClN3O2. The Kier molecular flexibility index (Phi) is 4.18. The first-order valence-electron chi connectivity index (χ1n) is 5.68. The number of hydrogen-bond donors (Lipinski definition) is 1. The minimum Gasteiger partial charge on any atom is -0.457 e. The second kappa shape index (κ2) is 6.04. The van der Waals surface area contributed by atoms with Gasteiger partial charge in [0.25, 0.3) is 0 Å². The highest BCUT2D eigenvalue weighted by Crippen LogP contribution is 2.23. The summed E-state index contributed by atoms with van der Waals surface area (Å²) in [6.07, 6.45) is 1.48. The zero-order valence-electron chi connectivity index (χ0n) is 10.3. The second-order valence-corrected chi connectivity index (χ2v) is 4.35. The van der Waals surface area contributed by atoms with E-state index in [1.807, 2.05) is 6.07 Å². The third-order valence-corrected chi connectivity index (χ3v) is 2.87. The summed E-state index contributed by atoms with van der Waals surface area (Å²) in [6, 6.07) is 9.90. The van der Waals surface area contributed by atoms with Gasteiger partial charge in [-0.05, 0) is 29.8 Å². The van der Waals surface area contributed by atoms with E-state index in [2.05, 4.69) is 4.98 Å². The maximum Gasteiger partial charge on any atom is 0.342 e. The maximum atomic E-state index is 11.9. The summed E-state index contributed by atoms with van der Waals surface area (Å²) in [5, 5.41) is 8.97. The Morgan fingerprint density at radius 1 is 1.45 bits per heavy atom. The van der Waals surface area contributed by atoms with Gasteiger partial charge in [-0.3, -0.25) is 0 Å². The van der Waals surface area contributed by atoms with Crippen LogP contribution in [-0.2, 0) is 11.3 Å². The number of nitrogen functional groups attached to an aromatic ring is 1. The van der Waals surface area contributed by atoms with Gasteiger partial charge in [-0.15, -0.1) is 0 Å². The zero-order valence-corrected chi connectivity index (χ0v) is 11.1. The van der Waals surface area contributed by atoms with Crippen molar-refractivity contribution in [3.8, 4) is 6.07 Å². The molecule has 0 saturated heterocycles. The van der Waals surface area contributed by atoms with Gasteiger partial charge in [0, 0.05) is 11.9 Å². The summed E-state index contributed by atoms with van der Waals surface area (Å²) in [4.78, 5) is 15.8. The number of ether oxygens (including phenoxy) is 1. The first-order valence-corrected chi connectivity index (χ1v) is 6.05. The fraction of sp³-hybridized carbons (Fsp3) is 0.0714. The minimum atomic E-state index is -0.608. The smallest absolute Gasteiger partial charge is 0.342 e. The van der Waals surface area contributed by atoms with Crippen molar-refractivity contribution in [1.82, 2.24) is 4.98 Å². The highest BCUT2D eigenvalue weighted by molar-refractivity contribution is 6.34. The molecule has 1 heterocycles. The van der Waals surface area contributed by atoms with E-state index in [1.54, 1.807) is 30.3 Å². The molecule has 0 radical (unpaired) electrons. The number of carbonyl (C=O) groups is 1. The molecule has 0 unspecified atom stereocenters. The number of rotatable bonds is 3. The molecule has 2 rings (SSSR count). The van der Waals surface area contributed by atoms with Crippen LogP contribution in [-0.4, -0.2) is 11.0 Å². The van der Waals surface area contributed by atoms with Crippen molar-refractivity contribution in [2.45, 2.75) is 6.61 Å². The number of carbonyl (C=O) groups excluding carboxylic acids is 1. The monoisotopic (exact) mass is 287 g/mol. The number of esters is 1. The number of pyridine rings is 1. The summed E-state index contributed by atoms with van der Waals surface area (Å²) in [5.41, 5.74) is 7.02. The fourth-order valence-electron chi connectivity index (χ4n) is 1.60. The summed E-state index contributed by atoms with van der Waals surface area (Å²) in [6.45, 7) is 0.0146. The third-order valence-electron chi connectivity index (χ3n) is 2.56. The molecule has 5 nitrogen and oxygen atoms in total. The molecule has 6 heteroatoms. The lowest BCUT2D eigenvalue weighted by atomic mass is 10.2. The van der Waals surface area contributed by atoms with Crippen molar-refractivity contribution in [3.05, 3.63) is 58.4 Å². The van der Waals surface area contributed by atoms with E-state index >= 15 is 0 Å². The van der Waals surface area contributed by atoms with E-state index < -0.39 is 5.97 Å². The molecule has 1 aromatic carbocycles. The van der Waals surface area contributed by atoms with Gasteiger partial charge in [0.05, 0.1) is 5.02 Å². The largest absolute Gasteiger partial charge is 0.457 e. The van der Waals surface area contributed by atoms with Gasteiger partial charge in [0.15, 0.2) is 0 Å². The predicted octanol–water partition coefficient (Wildman–Crippen LogP) is 2.55. The number of nitrogens with two attached hydrogens (primary N) is 1. The Hall–Kier alpha value is -2.58. The molecule has 20 heavy (non-hydrogen) atoms. The Morgan fingerprint density at radius 3 is 2.95 bits per heavy atom. The second-order valence-electron chi connectivity index (χ2n) is 3.94. The molecule has 0 aliphatic carbocycles. The van der Waals surface area contributed by atoms with Crippen LogP contribution in [0.4, 0.5) is 5.69 Å². The Labute approximate surface area is 120 Å². The van der Waals surface area contributed by atoms with Crippen LogP contribution in [0, 0.1) is 11.3 Å². The van der Waals surface area contributed by atoms with Crippen LogP contribution in [0.3, 0.4) is 0 Å². The van der Waals surface area contributed by atoms with E-state index in [0.29, 0.717) is 5.56 Å². The van der Waals surface area contributed by atoms with E-state index in [-0.39, 0.29) is 28.6 Å². The fourth-order valence-corrected chi connectivity index (χ4v) is 1.86. The lowest BCUT2D eigenvalue weighted by Gasteiger charge is -2.08. The van der Waals surface area contributed by atoms with Crippen molar-refractivity contribution in [1.29, 1.82) is 5.26 Å². The number of benzene rings is 1. The molecule has 2 N–H and O–H groups in total. The van der Waals surface area contributed by atoms with Gasteiger partial charge >= 0.3 is 5.97 Å². The van der Waals surface area contributed by atoms with Crippen molar-refractivity contribution in [3.63, 3.8) is 0 Å². The molecule has 1 aromatic heterocycles. The molecule has 0 bridgehead atoms. The van der Waals surface area contributed by atoms with Gasteiger partial charge < -0.3 is 10.5 Å². The van der Waals surface area contributed by atoms with E-state index in [0.717, 1.165) is 0 Å². The average molecular weight is 288 g/mol. The van der Waals surface area contributed by atoms with E-state index in [1.165, 1.54) is 6.20 Å². The predicted molar refractivity (Wildman–Crippen MR) is 73.9 cm³/mol. The molecule has 0 aliphatic heterocycles. The van der Waals surface area contributed by atoms with Gasteiger partial charge in [-0.25, -0.2) is 9.78 Å². The standard InChI is InChI=1S/C14H10ClN3O2/c15-11-2-1-3-12(17)13(11)14(19)20-8-9-4-5-18-10(6-9)7-16/h1-6H,8,17H2. The number of hydrogen-bond acceptors (Lipinski definition) is 5. The Morgan fingerprint density at radius 2 is 2.25 bits per heavy atom. The highest BCUT2D eigenvalue weighted by atomic mass is 35.5. The summed E-state index contributed by atoms with van der Waals surface area (Å²) in [7, 11) is 0. The number of nitriles is 1. The molecule has 100 valence electrons. The molecule has 2 aromatic rings. The Bertz CT molecular complexity index is 675. The first-order chi connectivity index (χ1) is 9.61. The van der Waals surface area contributed by atoms with Gasteiger partial charge in [0.2, 0.25) is 0 Å². The molecule has 0 amide bonds. The maximum absolute atomic E-state index is 11.9. The number of nitrogens with zero attached hydrogens (tertiary/aromatic N) is 2. The van der Waals surface area contributed by atoms with Crippen molar-refractivity contribution in [2.75, 3.05) is 5.73 Å². The van der Waals surface area contributed by atoms with Crippen molar-refractivity contribution in [2.24, 2.45) is 0 Å². The molecular weight excluding hydrogens is 278 g/mol. The highest BCUT2D eigenvalue weighted by Gasteiger charge is 2.15. The van der Waals surface area contributed by atoms with Crippen molar-refractivity contribution >= 4 is 23.3 Å². The van der Waals surface area contributed by atoms with Crippen LogP contribution in [0.25, 0.3) is 0 Å². The van der Waals surface area contributed by atoms with Crippen LogP contribution in [0.5, 0.6) is 0 Å². The average Bonchev–Trinajstić information content (AvgIpc) is 2.45. The minimum absolute atomic E-state index is 0.0146. The van der Waals surface area contributed by atoms with Gasteiger partial charge in [0.1, 0.15) is 23.9 Å². The number of aromatic nitrogens is 1. The van der Waals surface area contributed by atoms with Gasteiger partial charge in [-0.2, -0.15) is 5.26 Å². The molecule has 0 aliphatic rings. The van der Waals surface area contributed by atoms with Gasteiger partial charge in [-0.1, -0.05) is 17.7 Å². The Balaban J connectivity index is 2.11. The summed E-state index contributed by atoms with van der Waals surface area (Å²) >= 11 is 5.92. The quantitative estimate of drug-likeness (QED) is 0.692. The first kappa shape index (κ1) is 13.8. The van der Waals surface area contributed by atoms with Crippen LogP contribution in [0.2, 0.25) is 5.02 Å². The molecule has 0 atom stereocenters. The SMILES string of the molecule is N#Cc1cc(COC(=O)c2c(N)cccc2Cl)ccn1. The molecule has 0 saturated carbocycles. The topological polar surface area (TPSA) is 89.0 Å². The van der Waals surface area contributed by atoms with Crippen LogP contribution < -0.4 is 5.73 Å². The van der Waals surface area contributed by atoms with Crippen molar-refractivity contribution < 1.29 is 9.53 Å². The number of anilines is 1. The lowest BCUT2D eigenvalue weighted by molar-refractivity contribution is 0.0474. The summed E-state index contributed by atoms with van der Waals surface area (Å²) < 4.78 is 5.13.